The van der Waals surface area contributed by atoms with Gasteiger partial charge in [-0.15, -0.1) is 0 Å². The number of aliphatic carboxylic acids is 1. The van der Waals surface area contributed by atoms with E-state index < -0.39 is 59.2 Å². The monoisotopic (exact) mass is 560 g/mol. The number of hydrogen-bond donors (Lipinski definition) is 6. The fourth-order valence-electron chi connectivity index (χ4n) is 4.93. The first-order chi connectivity index (χ1) is 18.8. The lowest BCUT2D eigenvalue weighted by Gasteiger charge is -2.39. The Morgan fingerprint density at radius 3 is 2.42 bits per heavy atom. The third kappa shape index (κ3) is 4.56. The van der Waals surface area contributed by atoms with Crippen LogP contribution >= 0.6 is 0 Å². The van der Waals surface area contributed by atoms with Crippen molar-refractivity contribution < 1.29 is 58.8 Å². The highest BCUT2D eigenvalue weighted by molar-refractivity contribution is 5.88. The standard InChI is InChI=1S/C27H28O13/c1-27(2)5-4-10-16(40-27)8-17(38-26-22(33)20(31)21(32)24(39-26)25(34)35)18(23(10)36-3)12-9-37-15-7-14(29)13(28)6-11(15)19(12)30/h6-9,20-22,24,26,28-29,31-33H,4-5H2,1-3H3,(H,34,35). The Morgan fingerprint density at radius 2 is 1.75 bits per heavy atom. The molecular formula is C27H28O13. The predicted octanol–water partition coefficient (Wildman–Crippen LogP) is 1.25. The molecule has 3 heterocycles. The number of aliphatic hydroxyl groups excluding tert-OH is 3. The number of aliphatic hydroxyl groups is 3. The van der Waals surface area contributed by atoms with Gasteiger partial charge in [-0.05, 0) is 32.8 Å². The summed E-state index contributed by atoms with van der Waals surface area (Å²) in [5.74, 6) is -2.29. The summed E-state index contributed by atoms with van der Waals surface area (Å²) in [6.45, 7) is 3.75. The first kappa shape index (κ1) is 27.5. The summed E-state index contributed by atoms with van der Waals surface area (Å²) in [6.07, 6.45) is -7.29. The molecule has 5 unspecified atom stereocenters. The molecule has 2 aromatic carbocycles. The number of phenols is 2. The van der Waals surface area contributed by atoms with Crippen LogP contribution in [0.4, 0.5) is 0 Å². The number of carboxylic acids is 1. The van der Waals surface area contributed by atoms with Gasteiger partial charge in [0.05, 0.1) is 23.6 Å². The molecule has 13 nitrogen and oxygen atoms in total. The predicted molar refractivity (Wildman–Crippen MR) is 136 cm³/mol. The van der Waals surface area contributed by atoms with E-state index in [-0.39, 0.29) is 33.6 Å². The van der Waals surface area contributed by atoms with E-state index in [4.69, 9.17) is 23.4 Å². The molecule has 214 valence electrons. The maximum atomic E-state index is 13.7. The molecule has 5 atom stereocenters. The van der Waals surface area contributed by atoms with Gasteiger partial charge in [0, 0.05) is 17.7 Å². The molecule has 13 heteroatoms. The van der Waals surface area contributed by atoms with Crippen molar-refractivity contribution in [3.63, 3.8) is 0 Å². The van der Waals surface area contributed by atoms with Crippen LogP contribution in [0, 0.1) is 0 Å². The molecule has 0 amide bonds. The number of fused-ring (bicyclic) bond motifs is 2. The number of benzene rings is 2. The maximum absolute atomic E-state index is 13.7. The van der Waals surface area contributed by atoms with Gasteiger partial charge in [-0.1, -0.05) is 0 Å². The van der Waals surface area contributed by atoms with Crippen LogP contribution < -0.4 is 19.6 Å². The van der Waals surface area contributed by atoms with E-state index in [0.29, 0.717) is 24.2 Å². The van der Waals surface area contributed by atoms with E-state index in [1.165, 1.54) is 13.2 Å². The normalized spacial score (nSPS) is 25.6. The van der Waals surface area contributed by atoms with Crippen molar-refractivity contribution in [3.8, 4) is 39.9 Å². The van der Waals surface area contributed by atoms with Gasteiger partial charge in [0.2, 0.25) is 11.7 Å². The van der Waals surface area contributed by atoms with Gasteiger partial charge < -0.3 is 54.0 Å². The Kier molecular flexibility index (Phi) is 6.78. The third-order valence-corrected chi connectivity index (χ3v) is 7.07. The molecule has 40 heavy (non-hydrogen) atoms. The molecule has 1 aromatic heterocycles. The topological polar surface area (TPSA) is 206 Å². The van der Waals surface area contributed by atoms with Crippen molar-refractivity contribution in [1.82, 2.24) is 0 Å². The lowest BCUT2D eigenvalue weighted by atomic mass is 9.90. The van der Waals surface area contributed by atoms with E-state index in [1.54, 1.807) is 0 Å². The Balaban J connectivity index is 1.72. The van der Waals surface area contributed by atoms with Gasteiger partial charge >= 0.3 is 5.97 Å². The fraction of sp³-hybridized carbons (Fsp3) is 0.407. The summed E-state index contributed by atoms with van der Waals surface area (Å²) in [7, 11) is 1.36. The van der Waals surface area contributed by atoms with Gasteiger partial charge in [0.1, 0.15) is 53.0 Å². The van der Waals surface area contributed by atoms with Crippen LogP contribution in [0.25, 0.3) is 22.1 Å². The van der Waals surface area contributed by atoms with E-state index >= 15 is 0 Å². The molecule has 2 aliphatic heterocycles. The van der Waals surface area contributed by atoms with Gasteiger partial charge in [0.15, 0.2) is 17.6 Å². The van der Waals surface area contributed by atoms with Crippen molar-refractivity contribution >= 4 is 16.9 Å². The molecule has 3 aromatic rings. The first-order valence-corrected chi connectivity index (χ1v) is 12.3. The van der Waals surface area contributed by atoms with Crippen LogP contribution in [0.1, 0.15) is 25.8 Å². The molecule has 1 fully saturated rings. The first-order valence-electron chi connectivity index (χ1n) is 12.3. The van der Waals surface area contributed by atoms with E-state index in [1.807, 2.05) is 13.8 Å². The Labute approximate surface area is 226 Å². The average molecular weight is 561 g/mol. The van der Waals surface area contributed by atoms with E-state index in [0.717, 1.165) is 18.4 Å². The minimum Gasteiger partial charge on any atom is -0.504 e. The Morgan fingerprint density at radius 1 is 1.05 bits per heavy atom. The molecule has 5 rings (SSSR count). The largest absolute Gasteiger partial charge is 0.504 e. The summed E-state index contributed by atoms with van der Waals surface area (Å²) in [5, 5.41) is 60.1. The van der Waals surface area contributed by atoms with Crippen LogP contribution in [0.5, 0.6) is 28.7 Å². The Bertz CT molecular complexity index is 1540. The summed E-state index contributed by atoms with van der Waals surface area (Å²) in [4.78, 5) is 25.3. The number of carboxylic acid groups (broad SMARTS) is 1. The number of rotatable bonds is 5. The van der Waals surface area contributed by atoms with Crippen LogP contribution in [0.3, 0.4) is 0 Å². The van der Waals surface area contributed by atoms with E-state index in [2.05, 4.69) is 0 Å². The smallest absolute Gasteiger partial charge is 0.335 e. The number of methoxy groups -OCH3 is 1. The molecule has 6 N–H and O–H groups in total. The third-order valence-electron chi connectivity index (χ3n) is 7.07. The highest BCUT2D eigenvalue weighted by Gasteiger charge is 2.48. The van der Waals surface area contributed by atoms with Crippen LogP contribution in [-0.4, -0.2) is 80.0 Å². The molecule has 0 saturated carbocycles. The highest BCUT2D eigenvalue weighted by Crippen LogP contribution is 2.49. The van der Waals surface area contributed by atoms with Crippen molar-refractivity contribution in [3.05, 3.63) is 40.2 Å². The summed E-state index contributed by atoms with van der Waals surface area (Å²) in [6, 6.07) is 3.55. The van der Waals surface area contributed by atoms with E-state index in [9.17, 15) is 40.2 Å². The minimum atomic E-state index is -1.94. The van der Waals surface area contributed by atoms with Gasteiger partial charge in [-0.25, -0.2) is 4.79 Å². The molecule has 1 saturated heterocycles. The summed E-state index contributed by atoms with van der Waals surface area (Å²) in [5.41, 5.74) is -0.690. The average Bonchev–Trinajstić information content (AvgIpc) is 2.89. The zero-order valence-corrected chi connectivity index (χ0v) is 21.7. The molecule has 0 spiro atoms. The number of carbonyl (C=O) groups is 1. The van der Waals surface area contributed by atoms with Crippen molar-refractivity contribution in [2.45, 2.75) is 63.0 Å². The number of hydrogen-bond acceptors (Lipinski definition) is 12. The van der Waals surface area contributed by atoms with Crippen LogP contribution in [-0.2, 0) is 16.0 Å². The SMILES string of the molecule is COc1c2c(cc(OC3OC(C(=O)O)C(O)C(O)C3O)c1-c1coc3cc(O)c(O)cc3c1=O)OC(C)(C)CC2. The lowest BCUT2D eigenvalue weighted by Crippen LogP contribution is -2.61. The van der Waals surface area contributed by atoms with Crippen LogP contribution in [0.2, 0.25) is 0 Å². The van der Waals surface area contributed by atoms with Crippen molar-refractivity contribution in [2.75, 3.05) is 7.11 Å². The van der Waals surface area contributed by atoms with Gasteiger partial charge in [-0.2, -0.15) is 0 Å². The molecular weight excluding hydrogens is 532 g/mol. The zero-order valence-electron chi connectivity index (χ0n) is 21.7. The quantitative estimate of drug-likeness (QED) is 0.243. The van der Waals surface area contributed by atoms with Crippen molar-refractivity contribution in [2.24, 2.45) is 0 Å². The lowest BCUT2D eigenvalue weighted by molar-refractivity contribution is -0.271. The summed E-state index contributed by atoms with van der Waals surface area (Å²) >= 11 is 0. The number of aromatic hydroxyl groups is 2. The minimum absolute atomic E-state index is 0.0130. The summed E-state index contributed by atoms with van der Waals surface area (Å²) < 4.78 is 28.6. The van der Waals surface area contributed by atoms with Gasteiger partial charge in [-0.3, -0.25) is 4.79 Å². The second kappa shape index (κ2) is 9.86. The zero-order chi connectivity index (χ0) is 29.1. The second-order valence-electron chi connectivity index (χ2n) is 10.3. The number of ether oxygens (including phenoxy) is 4. The highest BCUT2D eigenvalue weighted by atomic mass is 16.7. The molecule has 0 radical (unpaired) electrons. The maximum Gasteiger partial charge on any atom is 0.335 e. The molecule has 2 aliphatic rings. The molecule has 0 aliphatic carbocycles. The molecule has 0 bridgehead atoms. The second-order valence-corrected chi connectivity index (χ2v) is 10.3. The fourth-order valence-corrected chi connectivity index (χ4v) is 4.93. The van der Waals surface area contributed by atoms with Crippen LogP contribution in [0.15, 0.2) is 33.7 Å². The Hall–Kier alpha value is -4.04. The van der Waals surface area contributed by atoms with Gasteiger partial charge in [0.25, 0.3) is 0 Å². The van der Waals surface area contributed by atoms with Crippen molar-refractivity contribution in [1.29, 1.82) is 0 Å². The number of phenolic OH excluding ortho intramolecular Hbond substituents is 2.